The van der Waals surface area contributed by atoms with Crippen molar-refractivity contribution in [2.75, 3.05) is 0 Å². The number of benzene rings is 9. The molecule has 66 heavy (non-hydrogen) atoms. The van der Waals surface area contributed by atoms with E-state index in [2.05, 4.69) is 140 Å². The summed E-state index contributed by atoms with van der Waals surface area (Å²) in [5.74, 6) is 3.76. The lowest BCUT2D eigenvalue weighted by Gasteiger charge is -2.15. The van der Waals surface area contributed by atoms with Crippen molar-refractivity contribution >= 4 is 0 Å². The summed E-state index contributed by atoms with van der Waals surface area (Å²) in [5.41, 5.74) is 14.4. The average molecular weight is 845 g/mol. The minimum Gasteiger partial charge on any atom is -0.208 e. The van der Waals surface area contributed by atoms with Gasteiger partial charge in [-0.05, 0) is 44.5 Å². The summed E-state index contributed by atoms with van der Waals surface area (Å²) in [6, 6.07) is 83.1. The highest BCUT2D eigenvalue weighted by molar-refractivity contribution is 5.92. The molecule has 0 saturated carbocycles. The Morgan fingerprint density at radius 1 is 0.136 bits per heavy atom. The lowest BCUT2D eigenvalue weighted by Crippen LogP contribution is -2.01. The van der Waals surface area contributed by atoms with Crippen LogP contribution in [0, 0.1) is 0 Å². The van der Waals surface area contributed by atoms with Gasteiger partial charge in [-0.15, -0.1) is 0 Å². The van der Waals surface area contributed by atoms with E-state index in [-0.39, 0.29) is 0 Å². The van der Waals surface area contributed by atoms with Crippen molar-refractivity contribution < 1.29 is 0 Å². The maximum Gasteiger partial charge on any atom is 0.164 e. The van der Waals surface area contributed by atoms with Crippen LogP contribution in [0.3, 0.4) is 0 Å². The van der Waals surface area contributed by atoms with Gasteiger partial charge in [0.05, 0.1) is 0 Å². The number of hydrogen-bond donors (Lipinski definition) is 0. The van der Waals surface area contributed by atoms with Gasteiger partial charge in [-0.25, -0.2) is 29.9 Å². The maximum atomic E-state index is 5.13. The summed E-state index contributed by atoms with van der Waals surface area (Å²) in [6.07, 6.45) is 0. The molecule has 0 fully saturated rings. The van der Waals surface area contributed by atoms with E-state index in [1.807, 2.05) is 103 Å². The molecule has 9 aromatic carbocycles. The van der Waals surface area contributed by atoms with Crippen molar-refractivity contribution in [3.05, 3.63) is 243 Å². The van der Waals surface area contributed by atoms with Gasteiger partial charge in [0.25, 0.3) is 0 Å². The van der Waals surface area contributed by atoms with Crippen LogP contribution in [0.15, 0.2) is 243 Å². The summed E-state index contributed by atoms with van der Waals surface area (Å²) in [4.78, 5) is 30.0. The highest BCUT2D eigenvalue weighted by Crippen LogP contribution is 2.40. The Kier molecular flexibility index (Phi) is 10.9. The Bertz CT molecular complexity index is 3380. The van der Waals surface area contributed by atoms with Crippen LogP contribution in [0.2, 0.25) is 0 Å². The van der Waals surface area contributed by atoms with Crippen molar-refractivity contribution in [3.8, 4) is 113 Å². The first-order chi connectivity index (χ1) is 32.7. The monoisotopic (exact) mass is 844 g/mol. The molecular weight excluding hydrogens is 805 g/mol. The minimum absolute atomic E-state index is 0.611. The molecule has 0 atom stereocenters. The van der Waals surface area contributed by atoms with Gasteiger partial charge in [-0.2, -0.15) is 0 Å². The average Bonchev–Trinajstić information content (AvgIpc) is 3.42. The van der Waals surface area contributed by atoms with Crippen LogP contribution in [-0.4, -0.2) is 29.9 Å². The predicted octanol–water partition coefficient (Wildman–Crippen LogP) is 14.7. The van der Waals surface area contributed by atoms with E-state index in [0.717, 1.165) is 77.9 Å². The fraction of sp³-hybridized carbons (Fsp3) is 0. The van der Waals surface area contributed by atoms with Gasteiger partial charge in [0, 0.05) is 33.4 Å². The van der Waals surface area contributed by atoms with Gasteiger partial charge >= 0.3 is 0 Å². The molecule has 0 amide bonds. The van der Waals surface area contributed by atoms with Crippen LogP contribution in [-0.2, 0) is 0 Å². The van der Waals surface area contributed by atoms with Gasteiger partial charge in [0.2, 0.25) is 0 Å². The molecule has 0 unspecified atom stereocenters. The van der Waals surface area contributed by atoms with Gasteiger partial charge in [0.1, 0.15) is 0 Å². The van der Waals surface area contributed by atoms with Crippen LogP contribution >= 0.6 is 0 Å². The first-order valence-corrected chi connectivity index (χ1v) is 22.0. The Hall–Kier alpha value is -9.00. The first kappa shape index (κ1) is 39.8. The summed E-state index contributed by atoms with van der Waals surface area (Å²) < 4.78 is 0. The third-order valence-corrected chi connectivity index (χ3v) is 11.7. The SMILES string of the molecule is c1ccc(-c2nc(-c3ccccc3)nc(-c3ccc(-c4ccccc4-c4ccccc4-c4ccc(-c5nc(-c6ccccc6)nc(-c6ccccc6-c6ccccc6)n5)cc4)cc3)n2)cc1. The van der Waals surface area contributed by atoms with Crippen molar-refractivity contribution in [2.45, 2.75) is 0 Å². The zero-order chi connectivity index (χ0) is 44.1. The van der Waals surface area contributed by atoms with E-state index < -0.39 is 0 Å². The smallest absolute Gasteiger partial charge is 0.164 e. The van der Waals surface area contributed by atoms with Gasteiger partial charge < -0.3 is 0 Å². The molecule has 6 nitrogen and oxygen atoms in total. The van der Waals surface area contributed by atoms with Crippen LogP contribution in [0.5, 0.6) is 0 Å². The molecule has 2 heterocycles. The first-order valence-electron chi connectivity index (χ1n) is 22.0. The highest BCUT2D eigenvalue weighted by atomic mass is 15.0. The van der Waals surface area contributed by atoms with Crippen molar-refractivity contribution in [1.29, 1.82) is 0 Å². The molecule has 0 bridgehead atoms. The van der Waals surface area contributed by atoms with Crippen molar-refractivity contribution in [3.63, 3.8) is 0 Å². The fourth-order valence-corrected chi connectivity index (χ4v) is 8.36. The molecule has 0 N–H and O–H groups in total. The summed E-state index contributed by atoms with van der Waals surface area (Å²) >= 11 is 0. The quantitative estimate of drug-likeness (QED) is 0.136. The molecule has 0 aliphatic rings. The van der Waals surface area contributed by atoms with Crippen molar-refractivity contribution in [1.82, 2.24) is 29.9 Å². The van der Waals surface area contributed by atoms with Gasteiger partial charge in [0.15, 0.2) is 34.9 Å². The maximum absolute atomic E-state index is 5.13. The molecule has 11 aromatic rings. The second kappa shape index (κ2) is 18.0. The zero-order valence-electron chi connectivity index (χ0n) is 35.8. The lowest BCUT2D eigenvalue weighted by molar-refractivity contribution is 1.07. The normalized spacial score (nSPS) is 11.0. The van der Waals surface area contributed by atoms with Gasteiger partial charge in [-0.3, -0.25) is 0 Å². The molecule has 310 valence electrons. The molecule has 0 spiro atoms. The standard InChI is InChI=1S/C60H40N6/c1-5-19-41(20-6-1)51-29-15-18-32-54(51)60-65-57(46-25-11-4-12-26-46)64-59(66-60)48-39-35-43(36-40-48)50-28-14-17-31-53(50)52-30-16-13-27-49(52)42-33-37-47(38-34-42)58-62-55(44-21-7-2-8-22-44)61-56(63-58)45-23-9-3-10-24-45/h1-40H. The van der Waals surface area contributed by atoms with E-state index >= 15 is 0 Å². The molecule has 0 aliphatic carbocycles. The van der Waals surface area contributed by atoms with E-state index in [4.69, 9.17) is 29.9 Å². The van der Waals surface area contributed by atoms with Crippen LogP contribution in [0.25, 0.3) is 113 Å². The number of hydrogen-bond acceptors (Lipinski definition) is 6. The molecular formula is C60H40N6. The van der Waals surface area contributed by atoms with E-state index in [1.165, 1.54) is 0 Å². The predicted molar refractivity (Wildman–Crippen MR) is 268 cm³/mol. The van der Waals surface area contributed by atoms with Crippen LogP contribution in [0.1, 0.15) is 0 Å². The van der Waals surface area contributed by atoms with Gasteiger partial charge in [-0.1, -0.05) is 243 Å². The summed E-state index contributed by atoms with van der Waals surface area (Å²) in [6.45, 7) is 0. The second-order valence-electron chi connectivity index (χ2n) is 15.9. The Morgan fingerprint density at radius 2 is 0.333 bits per heavy atom. The fourth-order valence-electron chi connectivity index (χ4n) is 8.36. The molecule has 2 aromatic heterocycles. The topological polar surface area (TPSA) is 77.3 Å². The van der Waals surface area contributed by atoms with E-state index in [0.29, 0.717) is 34.9 Å². The number of nitrogens with zero attached hydrogens (tertiary/aromatic N) is 6. The highest BCUT2D eigenvalue weighted by Gasteiger charge is 2.18. The van der Waals surface area contributed by atoms with Crippen molar-refractivity contribution in [2.24, 2.45) is 0 Å². The number of rotatable bonds is 10. The molecule has 6 heteroatoms. The molecule has 0 radical (unpaired) electrons. The molecule has 11 rings (SSSR count). The Labute approximate surface area is 383 Å². The summed E-state index contributed by atoms with van der Waals surface area (Å²) in [7, 11) is 0. The third kappa shape index (κ3) is 8.18. The lowest BCUT2D eigenvalue weighted by atomic mass is 9.89. The Morgan fingerprint density at radius 3 is 0.667 bits per heavy atom. The van der Waals surface area contributed by atoms with E-state index in [1.54, 1.807) is 0 Å². The Balaban J connectivity index is 0.935. The summed E-state index contributed by atoms with van der Waals surface area (Å²) in [5, 5.41) is 0. The van der Waals surface area contributed by atoms with Crippen LogP contribution in [0.4, 0.5) is 0 Å². The molecule has 0 saturated heterocycles. The second-order valence-corrected chi connectivity index (χ2v) is 15.9. The third-order valence-electron chi connectivity index (χ3n) is 11.7. The van der Waals surface area contributed by atoms with E-state index in [9.17, 15) is 0 Å². The zero-order valence-corrected chi connectivity index (χ0v) is 35.8. The minimum atomic E-state index is 0.611. The number of aromatic nitrogens is 6. The van der Waals surface area contributed by atoms with Crippen LogP contribution < -0.4 is 0 Å². The largest absolute Gasteiger partial charge is 0.208 e. The molecule has 0 aliphatic heterocycles.